The maximum Gasteiger partial charge on any atom is 0.298 e. The summed E-state index contributed by atoms with van der Waals surface area (Å²) >= 11 is 0. The van der Waals surface area contributed by atoms with Gasteiger partial charge in [-0.15, -0.1) is 0 Å². The van der Waals surface area contributed by atoms with Crippen molar-refractivity contribution in [2.75, 3.05) is 0 Å². The summed E-state index contributed by atoms with van der Waals surface area (Å²) < 4.78 is 34.1. The molecule has 0 fully saturated rings. The molecule has 1 aromatic rings. The lowest BCUT2D eigenvalue weighted by Crippen LogP contribution is -1.99. The first-order valence-electron chi connectivity index (χ1n) is 3.00. The Morgan fingerprint density at radius 3 is 2.23 bits per heavy atom. The van der Waals surface area contributed by atoms with Gasteiger partial charge in [0.05, 0.1) is 0 Å². The molecule has 0 aliphatic heterocycles. The Balaban J connectivity index is 3.44. The molecule has 0 unspecified atom stereocenters. The zero-order chi connectivity index (χ0) is 10.1. The van der Waals surface area contributed by atoms with E-state index in [-0.39, 0.29) is 18.3 Å². The zero-order valence-corrected chi connectivity index (χ0v) is 6.95. The predicted octanol–water partition coefficient (Wildman–Crippen LogP) is 0.151. The van der Waals surface area contributed by atoms with Crippen LogP contribution in [0.5, 0.6) is 0 Å². The summed E-state index contributed by atoms with van der Waals surface area (Å²) in [6.07, 6.45) is 0.317. The van der Waals surface area contributed by atoms with Gasteiger partial charge in [-0.05, 0) is 0 Å². The van der Waals surface area contributed by atoms with Crippen LogP contribution in [0.2, 0.25) is 0 Å². The smallest absolute Gasteiger partial charge is 0.298 e. The molecule has 0 atom stereocenters. The Kier molecular flexibility index (Phi) is 2.30. The van der Waals surface area contributed by atoms with E-state index in [1.165, 1.54) is 0 Å². The van der Waals surface area contributed by atoms with Crippen molar-refractivity contribution in [1.82, 2.24) is 0 Å². The van der Waals surface area contributed by atoms with Crippen molar-refractivity contribution in [3.8, 4) is 0 Å². The Morgan fingerprint density at radius 1 is 1.31 bits per heavy atom. The van der Waals surface area contributed by atoms with Crippen LogP contribution in [-0.4, -0.2) is 25.5 Å². The number of carbonyl (C=O) groups excluding carboxylic acids is 2. The Hall–Kier alpha value is -1.47. The van der Waals surface area contributed by atoms with E-state index in [9.17, 15) is 18.0 Å². The van der Waals surface area contributed by atoms with Gasteiger partial charge >= 0.3 is 0 Å². The third kappa shape index (κ3) is 1.82. The van der Waals surface area contributed by atoms with Crippen LogP contribution in [0, 0.1) is 0 Å². The van der Waals surface area contributed by atoms with E-state index in [0.717, 1.165) is 6.07 Å². The first-order chi connectivity index (χ1) is 5.99. The van der Waals surface area contributed by atoms with Crippen LogP contribution in [0.4, 0.5) is 0 Å². The molecule has 1 N–H and O–H groups in total. The zero-order valence-electron chi connectivity index (χ0n) is 6.13. The second-order valence-corrected chi connectivity index (χ2v) is 3.48. The lowest BCUT2D eigenvalue weighted by Gasteiger charge is -1.88. The minimum absolute atomic E-state index is 0.0934. The standard InChI is InChI=1S/C6H4O6S/c7-2-4-1-6(13(9,10)11)5(3-8)12-4/h1-3H,(H,9,10,11). The monoisotopic (exact) mass is 204 g/mol. The Morgan fingerprint density at radius 2 is 1.92 bits per heavy atom. The van der Waals surface area contributed by atoms with Gasteiger partial charge in [-0.3, -0.25) is 14.1 Å². The minimum atomic E-state index is -4.52. The molecular weight excluding hydrogens is 200 g/mol. The van der Waals surface area contributed by atoms with Crippen LogP contribution >= 0.6 is 0 Å². The summed E-state index contributed by atoms with van der Waals surface area (Å²) in [6, 6.07) is 0.770. The van der Waals surface area contributed by atoms with Gasteiger partial charge in [-0.1, -0.05) is 0 Å². The van der Waals surface area contributed by atoms with Crippen molar-refractivity contribution in [2.24, 2.45) is 0 Å². The first kappa shape index (κ1) is 9.62. The summed E-state index contributed by atoms with van der Waals surface area (Å²) in [6.45, 7) is 0. The first-order valence-corrected chi connectivity index (χ1v) is 4.44. The van der Waals surface area contributed by atoms with Crippen molar-refractivity contribution in [3.63, 3.8) is 0 Å². The predicted molar refractivity (Wildman–Crippen MR) is 39.3 cm³/mol. The third-order valence-electron chi connectivity index (χ3n) is 1.25. The Labute approximate surface area is 72.9 Å². The molecule has 7 heteroatoms. The SMILES string of the molecule is O=Cc1cc(S(=O)(=O)O)c(C=O)o1. The molecule has 0 radical (unpaired) electrons. The molecule has 1 aromatic heterocycles. The highest BCUT2D eigenvalue weighted by molar-refractivity contribution is 7.86. The van der Waals surface area contributed by atoms with Gasteiger partial charge in [-0.25, -0.2) is 0 Å². The second-order valence-electron chi connectivity index (χ2n) is 2.09. The average Bonchev–Trinajstić information content (AvgIpc) is 2.46. The molecule has 0 spiro atoms. The summed E-state index contributed by atoms with van der Waals surface area (Å²) in [5.41, 5.74) is 0. The van der Waals surface area contributed by atoms with E-state index in [4.69, 9.17) is 4.55 Å². The topological polar surface area (TPSA) is 102 Å². The molecule has 0 aliphatic carbocycles. The van der Waals surface area contributed by atoms with Gasteiger partial charge in [0.1, 0.15) is 4.90 Å². The fourth-order valence-corrected chi connectivity index (χ4v) is 1.36. The van der Waals surface area contributed by atoms with Crippen LogP contribution in [0.15, 0.2) is 15.4 Å². The van der Waals surface area contributed by atoms with Crippen LogP contribution in [0.3, 0.4) is 0 Å². The summed E-state index contributed by atoms with van der Waals surface area (Å²) in [4.78, 5) is 19.6. The van der Waals surface area contributed by atoms with E-state index in [1.807, 2.05) is 0 Å². The number of furan rings is 1. The molecule has 0 saturated heterocycles. The maximum absolute atomic E-state index is 10.6. The van der Waals surface area contributed by atoms with Crippen LogP contribution in [0.25, 0.3) is 0 Å². The van der Waals surface area contributed by atoms with Crippen molar-refractivity contribution in [3.05, 3.63) is 17.6 Å². The van der Waals surface area contributed by atoms with Gasteiger partial charge in [0.2, 0.25) is 0 Å². The molecule has 0 amide bonds. The fourth-order valence-electron chi connectivity index (χ4n) is 0.749. The summed E-state index contributed by atoms with van der Waals surface area (Å²) in [5, 5.41) is 0. The molecular formula is C6H4O6S. The highest BCUT2D eigenvalue weighted by Gasteiger charge is 2.20. The largest absolute Gasteiger partial charge is 0.449 e. The van der Waals surface area contributed by atoms with E-state index in [1.54, 1.807) is 0 Å². The molecule has 0 aliphatic rings. The fraction of sp³-hybridized carbons (Fsp3) is 0. The van der Waals surface area contributed by atoms with E-state index in [0.29, 0.717) is 0 Å². The number of carbonyl (C=O) groups is 2. The molecule has 70 valence electrons. The van der Waals surface area contributed by atoms with Crippen molar-refractivity contribution in [2.45, 2.75) is 4.90 Å². The third-order valence-corrected chi connectivity index (χ3v) is 2.12. The number of aldehydes is 2. The minimum Gasteiger partial charge on any atom is -0.449 e. The summed E-state index contributed by atoms with van der Waals surface area (Å²) in [5.74, 6) is -0.931. The van der Waals surface area contributed by atoms with Gasteiger partial charge in [-0.2, -0.15) is 8.42 Å². The molecule has 0 saturated carbocycles. The van der Waals surface area contributed by atoms with E-state index >= 15 is 0 Å². The quantitative estimate of drug-likeness (QED) is 0.555. The number of rotatable bonds is 3. The molecule has 6 nitrogen and oxygen atoms in total. The van der Waals surface area contributed by atoms with E-state index in [2.05, 4.69) is 4.42 Å². The van der Waals surface area contributed by atoms with Gasteiger partial charge in [0, 0.05) is 6.07 Å². The lowest BCUT2D eigenvalue weighted by atomic mass is 10.4. The van der Waals surface area contributed by atoms with Crippen molar-refractivity contribution >= 4 is 22.7 Å². The van der Waals surface area contributed by atoms with Gasteiger partial charge in [0.25, 0.3) is 10.1 Å². The normalized spacial score (nSPS) is 11.2. The highest BCUT2D eigenvalue weighted by atomic mass is 32.2. The maximum atomic E-state index is 10.6. The molecule has 0 bridgehead atoms. The number of hydrogen-bond acceptors (Lipinski definition) is 5. The van der Waals surface area contributed by atoms with E-state index < -0.39 is 20.8 Å². The van der Waals surface area contributed by atoms with Crippen LogP contribution in [-0.2, 0) is 10.1 Å². The Bertz CT molecular complexity index is 440. The van der Waals surface area contributed by atoms with Gasteiger partial charge < -0.3 is 4.42 Å². The van der Waals surface area contributed by atoms with Crippen molar-refractivity contribution in [1.29, 1.82) is 0 Å². The molecule has 0 aromatic carbocycles. The van der Waals surface area contributed by atoms with Crippen LogP contribution in [0.1, 0.15) is 21.1 Å². The molecule has 1 rings (SSSR count). The van der Waals surface area contributed by atoms with Gasteiger partial charge in [0.15, 0.2) is 24.1 Å². The summed E-state index contributed by atoms with van der Waals surface area (Å²) in [7, 11) is -4.52. The highest BCUT2D eigenvalue weighted by Crippen LogP contribution is 2.17. The number of hydrogen-bond donors (Lipinski definition) is 1. The lowest BCUT2D eigenvalue weighted by molar-refractivity contribution is 0.107. The van der Waals surface area contributed by atoms with Crippen LogP contribution < -0.4 is 0 Å². The molecule has 13 heavy (non-hydrogen) atoms. The average molecular weight is 204 g/mol. The second kappa shape index (κ2) is 3.11. The molecule has 1 heterocycles. The van der Waals surface area contributed by atoms with Crippen molar-refractivity contribution < 1.29 is 27.0 Å².